The minimum atomic E-state index is -0.513. The fourth-order valence-electron chi connectivity index (χ4n) is 1.59. The summed E-state index contributed by atoms with van der Waals surface area (Å²) in [6.45, 7) is 0.356. The van der Waals surface area contributed by atoms with Gasteiger partial charge in [0.25, 0.3) is 0 Å². The van der Waals surface area contributed by atoms with Crippen LogP contribution in [0.5, 0.6) is 0 Å². The van der Waals surface area contributed by atoms with Gasteiger partial charge in [0.1, 0.15) is 0 Å². The van der Waals surface area contributed by atoms with Crippen molar-refractivity contribution in [3.05, 3.63) is 22.4 Å². The van der Waals surface area contributed by atoms with E-state index in [-0.39, 0.29) is 11.8 Å². The molecule has 4 nitrogen and oxygen atoms in total. The van der Waals surface area contributed by atoms with E-state index < -0.39 is 6.04 Å². The van der Waals surface area contributed by atoms with E-state index in [0.29, 0.717) is 19.4 Å². The smallest absolute Gasteiger partial charge is 0.246 e. The Hall–Kier alpha value is -1.20. The predicted octanol–water partition coefficient (Wildman–Crippen LogP) is 0.724. The molecule has 1 saturated heterocycles. The number of carbonyl (C=O) groups is 2. The molecule has 1 aromatic rings. The van der Waals surface area contributed by atoms with Gasteiger partial charge in [-0.05, 0) is 28.8 Å². The van der Waals surface area contributed by atoms with Crippen LogP contribution in [0.1, 0.15) is 18.4 Å². The number of amides is 2. The molecule has 0 aromatic carbocycles. The average Bonchev–Trinajstić information content (AvgIpc) is 2.71. The third-order valence-electron chi connectivity index (χ3n) is 2.47. The Morgan fingerprint density at radius 2 is 2.33 bits per heavy atom. The van der Waals surface area contributed by atoms with Gasteiger partial charge in [0.05, 0.1) is 12.6 Å². The second-order valence-corrected chi connectivity index (χ2v) is 4.37. The fourth-order valence-corrected chi connectivity index (χ4v) is 2.25. The number of hydrogen-bond donors (Lipinski definition) is 1. The van der Waals surface area contributed by atoms with Crippen molar-refractivity contribution >= 4 is 23.2 Å². The number of imide groups is 1. The van der Waals surface area contributed by atoms with Crippen molar-refractivity contribution in [3.63, 3.8) is 0 Å². The highest BCUT2D eigenvalue weighted by Gasteiger charge is 2.31. The number of hydrogen-bond acceptors (Lipinski definition) is 4. The van der Waals surface area contributed by atoms with E-state index in [9.17, 15) is 9.59 Å². The summed E-state index contributed by atoms with van der Waals surface area (Å²) in [4.78, 5) is 24.4. The Bertz CT molecular complexity index is 375. The second-order valence-electron chi connectivity index (χ2n) is 3.59. The van der Waals surface area contributed by atoms with Crippen molar-refractivity contribution in [1.82, 2.24) is 4.90 Å². The van der Waals surface area contributed by atoms with Gasteiger partial charge in [-0.2, -0.15) is 11.3 Å². The summed E-state index contributed by atoms with van der Waals surface area (Å²) in [5.74, 6) is -0.370. The maximum atomic E-state index is 11.6. The first-order chi connectivity index (χ1) is 7.18. The van der Waals surface area contributed by atoms with Gasteiger partial charge in [0.15, 0.2) is 0 Å². The molecular weight excluding hydrogens is 212 g/mol. The van der Waals surface area contributed by atoms with E-state index in [0.717, 1.165) is 5.56 Å². The van der Waals surface area contributed by atoms with Crippen molar-refractivity contribution in [2.45, 2.75) is 25.4 Å². The van der Waals surface area contributed by atoms with Crippen molar-refractivity contribution < 1.29 is 9.59 Å². The molecule has 2 heterocycles. The molecule has 1 aliphatic rings. The molecule has 1 fully saturated rings. The van der Waals surface area contributed by atoms with Gasteiger partial charge in [-0.15, -0.1) is 0 Å². The van der Waals surface area contributed by atoms with Crippen molar-refractivity contribution in [1.29, 1.82) is 0 Å². The van der Waals surface area contributed by atoms with Crippen molar-refractivity contribution in [2.24, 2.45) is 5.73 Å². The largest absolute Gasteiger partial charge is 0.320 e. The van der Waals surface area contributed by atoms with Gasteiger partial charge in [-0.3, -0.25) is 14.5 Å². The van der Waals surface area contributed by atoms with Crippen molar-refractivity contribution in [3.8, 4) is 0 Å². The highest BCUT2D eigenvalue weighted by molar-refractivity contribution is 7.07. The van der Waals surface area contributed by atoms with E-state index in [1.54, 1.807) is 11.3 Å². The van der Waals surface area contributed by atoms with Gasteiger partial charge in [-0.1, -0.05) is 0 Å². The lowest BCUT2D eigenvalue weighted by Crippen LogP contribution is -2.50. The molecule has 5 heteroatoms. The Labute approximate surface area is 91.7 Å². The summed E-state index contributed by atoms with van der Waals surface area (Å²) in [5.41, 5.74) is 6.60. The summed E-state index contributed by atoms with van der Waals surface area (Å²) >= 11 is 1.55. The van der Waals surface area contributed by atoms with Gasteiger partial charge >= 0.3 is 0 Å². The lowest BCUT2D eigenvalue weighted by molar-refractivity contribution is -0.149. The van der Waals surface area contributed by atoms with Gasteiger partial charge in [0.2, 0.25) is 11.8 Å². The normalized spacial score (nSPS) is 22.2. The van der Waals surface area contributed by atoms with Crippen LogP contribution in [0.25, 0.3) is 0 Å². The molecule has 2 N–H and O–H groups in total. The molecule has 1 atom stereocenters. The van der Waals surface area contributed by atoms with Crippen LogP contribution in [0, 0.1) is 0 Å². The minimum Gasteiger partial charge on any atom is -0.320 e. The molecule has 0 spiro atoms. The summed E-state index contributed by atoms with van der Waals surface area (Å²) in [6.07, 6.45) is 0.842. The first-order valence-corrected chi connectivity index (χ1v) is 5.73. The molecule has 0 aliphatic carbocycles. The molecule has 1 unspecified atom stereocenters. The number of nitrogens with two attached hydrogens (primary N) is 1. The standard InChI is InChI=1S/C10H12N2O2S/c11-8-1-2-9(13)12(10(8)14)5-7-3-4-15-6-7/h3-4,6,8H,1-2,5,11H2. The average molecular weight is 224 g/mol. The fraction of sp³-hybridized carbons (Fsp3) is 0.400. The molecule has 0 saturated carbocycles. The Morgan fingerprint density at radius 1 is 1.53 bits per heavy atom. The van der Waals surface area contributed by atoms with Crippen LogP contribution in [0.4, 0.5) is 0 Å². The maximum absolute atomic E-state index is 11.6. The predicted molar refractivity (Wildman–Crippen MR) is 57.1 cm³/mol. The SMILES string of the molecule is NC1CCC(=O)N(Cc2ccsc2)C1=O. The quantitative estimate of drug-likeness (QED) is 0.753. The number of carbonyl (C=O) groups excluding carboxylic acids is 2. The highest BCUT2D eigenvalue weighted by Crippen LogP contribution is 2.16. The van der Waals surface area contributed by atoms with E-state index in [1.807, 2.05) is 16.8 Å². The van der Waals surface area contributed by atoms with Crippen LogP contribution >= 0.6 is 11.3 Å². The number of piperidine rings is 1. The van der Waals surface area contributed by atoms with Gasteiger partial charge in [0, 0.05) is 6.42 Å². The van der Waals surface area contributed by atoms with Crippen LogP contribution in [-0.2, 0) is 16.1 Å². The molecule has 1 aromatic heterocycles. The summed E-state index contributed by atoms with van der Waals surface area (Å²) in [6, 6.07) is 1.40. The lowest BCUT2D eigenvalue weighted by Gasteiger charge is -2.28. The first-order valence-electron chi connectivity index (χ1n) is 4.79. The minimum absolute atomic E-state index is 0.118. The van der Waals surface area contributed by atoms with Crippen LogP contribution < -0.4 is 5.73 Å². The third kappa shape index (κ3) is 2.08. The van der Waals surface area contributed by atoms with Crippen LogP contribution in [0.3, 0.4) is 0 Å². The maximum Gasteiger partial charge on any atom is 0.246 e. The molecule has 0 bridgehead atoms. The Balaban J connectivity index is 2.12. The zero-order valence-corrected chi connectivity index (χ0v) is 9.00. The molecule has 2 amide bonds. The Kier molecular flexibility index (Phi) is 2.83. The van der Waals surface area contributed by atoms with Gasteiger partial charge in [-0.25, -0.2) is 0 Å². The number of likely N-dealkylation sites (tertiary alicyclic amines) is 1. The summed E-state index contributed by atoms with van der Waals surface area (Å²) < 4.78 is 0. The van der Waals surface area contributed by atoms with E-state index >= 15 is 0 Å². The molecule has 0 radical (unpaired) electrons. The third-order valence-corrected chi connectivity index (χ3v) is 3.21. The second kappa shape index (κ2) is 4.12. The number of nitrogens with zero attached hydrogens (tertiary/aromatic N) is 1. The molecule has 15 heavy (non-hydrogen) atoms. The zero-order valence-electron chi connectivity index (χ0n) is 8.18. The number of thiophene rings is 1. The van der Waals surface area contributed by atoms with E-state index in [1.165, 1.54) is 4.90 Å². The first kappa shape index (κ1) is 10.3. The molecule has 80 valence electrons. The van der Waals surface area contributed by atoms with Gasteiger partial charge < -0.3 is 5.73 Å². The monoisotopic (exact) mass is 224 g/mol. The summed E-state index contributed by atoms with van der Waals surface area (Å²) in [7, 11) is 0. The summed E-state index contributed by atoms with van der Waals surface area (Å²) in [5, 5.41) is 3.86. The molecule has 2 rings (SSSR count). The lowest BCUT2D eigenvalue weighted by atomic mass is 10.0. The van der Waals surface area contributed by atoms with Crippen LogP contribution in [-0.4, -0.2) is 22.8 Å². The zero-order chi connectivity index (χ0) is 10.8. The number of rotatable bonds is 2. The highest BCUT2D eigenvalue weighted by atomic mass is 32.1. The molecule has 1 aliphatic heterocycles. The van der Waals surface area contributed by atoms with E-state index in [4.69, 9.17) is 5.73 Å². The van der Waals surface area contributed by atoms with Crippen molar-refractivity contribution in [2.75, 3.05) is 0 Å². The molecular formula is C10H12N2O2S. The van der Waals surface area contributed by atoms with Crippen LogP contribution in [0.15, 0.2) is 16.8 Å². The van der Waals surface area contributed by atoms with E-state index in [2.05, 4.69) is 0 Å². The Morgan fingerprint density at radius 3 is 3.00 bits per heavy atom. The topological polar surface area (TPSA) is 63.4 Å². The van der Waals surface area contributed by atoms with Crippen LogP contribution in [0.2, 0.25) is 0 Å².